The second-order valence-electron chi connectivity index (χ2n) is 4.85. The van der Waals surface area contributed by atoms with Gasteiger partial charge < -0.3 is 10.6 Å². The monoisotopic (exact) mass is 204 g/mol. The molecule has 0 aromatic heterocycles. The third kappa shape index (κ3) is 2.15. The van der Waals surface area contributed by atoms with Gasteiger partial charge >= 0.3 is 0 Å². The number of hydrogen-bond acceptors (Lipinski definition) is 2. The Hall–Kier alpha value is -1.02. The zero-order valence-electron chi connectivity index (χ0n) is 9.77. The van der Waals surface area contributed by atoms with Crippen LogP contribution in [0.15, 0.2) is 24.3 Å². The Bertz CT molecular complexity index is 327. The molecule has 0 unspecified atom stereocenters. The van der Waals surface area contributed by atoms with Gasteiger partial charge in [-0.05, 0) is 42.9 Å². The molecule has 82 valence electrons. The van der Waals surface area contributed by atoms with Crippen LogP contribution < -0.4 is 10.6 Å². The van der Waals surface area contributed by atoms with E-state index in [-0.39, 0.29) is 0 Å². The minimum Gasteiger partial charge on any atom is -0.378 e. The van der Waals surface area contributed by atoms with Crippen LogP contribution in [-0.2, 0) is 0 Å². The number of anilines is 1. The molecular weight excluding hydrogens is 184 g/mol. The van der Waals surface area contributed by atoms with Gasteiger partial charge in [0, 0.05) is 25.8 Å². The van der Waals surface area contributed by atoms with Gasteiger partial charge in [0.1, 0.15) is 0 Å². The highest BCUT2D eigenvalue weighted by Gasteiger charge is 2.40. The van der Waals surface area contributed by atoms with Crippen molar-refractivity contribution in [1.29, 1.82) is 0 Å². The highest BCUT2D eigenvalue weighted by atomic mass is 15.1. The minimum atomic E-state index is 0.337. The first-order valence-electron chi connectivity index (χ1n) is 5.62. The second-order valence-corrected chi connectivity index (χ2v) is 4.85. The first-order valence-corrected chi connectivity index (χ1v) is 5.62. The maximum absolute atomic E-state index is 5.90. The van der Waals surface area contributed by atoms with Crippen LogP contribution in [0.5, 0.6) is 0 Å². The van der Waals surface area contributed by atoms with E-state index in [1.54, 1.807) is 0 Å². The maximum atomic E-state index is 5.90. The van der Waals surface area contributed by atoms with Crippen molar-refractivity contribution in [3.63, 3.8) is 0 Å². The van der Waals surface area contributed by atoms with Crippen molar-refractivity contribution in [3.05, 3.63) is 29.8 Å². The van der Waals surface area contributed by atoms with Crippen LogP contribution in [0.4, 0.5) is 5.69 Å². The molecule has 2 N–H and O–H groups in total. The average molecular weight is 204 g/mol. The fraction of sp³-hybridized carbons (Fsp3) is 0.538. The average Bonchev–Trinajstić information content (AvgIpc) is 2.97. The summed E-state index contributed by atoms with van der Waals surface area (Å²) in [7, 11) is 4.13. The van der Waals surface area contributed by atoms with Crippen molar-refractivity contribution in [2.75, 3.05) is 19.0 Å². The lowest BCUT2D eigenvalue weighted by Gasteiger charge is -2.12. The minimum absolute atomic E-state index is 0.337. The summed E-state index contributed by atoms with van der Waals surface area (Å²) in [5, 5.41) is 0. The summed E-state index contributed by atoms with van der Waals surface area (Å²) in [6.45, 7) is 2.11. The van der Waals surface area contributed by atoms with Gasteiger partial charge in [-0.15, -0.1) is 0 Å². The van der Waals surface area contributed by atoms with Crippen molar-refractivity contribution >= 4 is 5.69 Å². The highest BCUT2D eigenvalue weighted by Crippen LogP contribution is 2.49. The number of nitrogens with zero attached hydrogens (tertiary/aromatic N) is 1. The summed E-state index contributed by atoms with van der Waals surface area (Å²) in [5.74, 6) is 1.41. The third-order valence-electron chi connectivity index (χ3n) is 3.35. The molecule has 0 radical (unpaired) electrons. The molecule has 1 aliphatic rings. The van der Waals surface area contributed by atoms with Crippen molar-refractivity contribution in [1.82, 2.24) is 0 Å². The summed E-state index contributed by atoms with van der Waals surface area (Å²) >= 11 is 0. The van der Waals surface area contributed by atoms with Gasteiger partial charge in [0.25, 0.3) is 0 Å². The van der Waals surface area contributed by atoms with E-state index in [0.717, 1.165) is 0 Å². The van der Waals surface area contributed by atoms with Crippen LogP contribution in [0, 0.1) is 5.92 Å². The Morgan fingerprint density at radius 2 is 1.87 bits per heavy atom. The molecule has 0 bridgehead atoms. The predicted molar refractivity (Wildman–Crippen MR) is 65.3 cm³/mol. The molecular formula is C13H20N2. The smallest absolute Gasteiger partial charge is 0.0361 e. The van der Waals surface area contributed by atoms with Gasteiger partial charge in [-0.2, -0.15) is 0 Å². The molecule has 0 aliphatic heterocycles. The van der Waals surface area contributed by atoms with Gasteiger partial charge in [-0.3, -0.25) is 0 Å². The lowest BCUT2D eigenvalue weighted by atomic mass is 10.1. The fourth-order valence-electron chi connectivity index (χ4n) is 2.20. The number of hydrogen-bond donors (Lipinski definition) is 1. The van der Waals surface area contributed by atoms with E-state index in [2.05, 4.69) is 50.2 Å². The molecule has 2 heteroatoms. The molecule has 0 spiro atoms. The molecule has 1 fully saturated rings. The third-order valence-corrected chi connectivity index (χ3v) is 3.35. The molecule has 15 heavy (non-hydrogen) atoms. The molecule has 0 amide bonds. The molecule has 1 saturated carbocycles. The van der Waals surface area contributed by atoms with E-state index in [4.69, 9.17) is 5.73 Å². The van der Waals surface area contributed by atoms with E-state index < -0.39 is 0 Å². The molecule has 2 nitrogen and oxygen atoms in total. The molecule has 1 aromatic carbocycles. The highest BCUT2D eigenvalue weighted by molar-refractivity contribution is 5.47. The van der Waals surface area contributed by atoms with Crippen LogP contribution in [0.25, 0.3) is 0 Å². The van der Waals surface area contributed by atoms with Crippen LogP contribution in [-0.4, -0.2) is 20.1 Å². The van der Waals surface area contributed by atoms with Gasteiger partial charge in [0.2, 0.25) is 0 Å². The Labute approximate surface area is 92.1 Å². The topological polar surface area (TPSA) is 29.3 Å². The van der Waals surface area contributed by atoms with Crippen molar-refractivity contribution in [2.24, 2.45) is 11.7 Å². The van der Waals surface area contributed by atoms with E-state index >= 15 is 0 Å². The molecule has 1 aliphatic carbocycles. The van der Waals surface area contributed by atoms with Gasteiger partial charge in [-0.25, -0.2) is 0 Å². The SMILES string of the molecule is C[C@H](N)[C@@H]1C[C@@H]1c1ccc(N(C)C)cc1. The van der Waals surface area contributed by atoms with E-state index in [0.29, 0.717) is 17.9 Å². The lowest BCUT2D eigenvalue weighted by molar-refractivity contribution is 0.631. The standard InChI is InChI=1S/C13H20N2/c1-9(14)12-8-13(12)10-4-6-11(7-5-10)15(2)3/h4-7,9,12-13H,8,14H2,1-3H3/t9-,12-,13+/m0/s1. The van der Waals surface area contributed by atoms with Crippen LogP contribution in [0.1, 0.15) is 24.8 Å². The van der Waals surface area contributed by atoms with Crippen molar-refractivity contribution in [3.8, 4) is 0 Å². The summed E-state index contributed by atoms with van der Waals surface area (Å²) in [4.78, 5) is 2.12. The summed E-state index contributed by atoms with van der Waals surface area (Å²) in [6, 6.07) is 9.19. The number of nitrogens with two attached hydrogens (primary N) is 1. The molecule has 2 rings (SSSR count). The fourth-order valence-corrected chi connectivity index (χ4v) is 2.20. The Kier molecular flexibility index (Phi) is 2.70. The Morgan fingerprint density at radius 1 is 1.27 bits per heavy atom. The molecule has 0 heterocycles. The second kappa shape index (κ2) is 3.86. The van der Waals surface area contributed by atoms with Crippen LogP contribution in [0.2, 0.25) is 0 Å². The van der Waals surface area contributed by atoms with Crippen LogP contribution >= 0.6 is 0 Å². The van der Waals surface area contributed by atoms with E-state index in [1.165, 1.54) is 17.7 Å². The first-order chi connectivity index (χ1) is 7.09. The lowest BCUT2D eigenvalue weighted by Crippen LogP contribution is -2.17. The summed E-state index contributed by atoms with van der Waals surface area (Å²) in [6.07, 6.45) is 1.26. The molecule has 1 aromatic rings. The zero-order valence-corrected chi connectivity index (χ0v) is 9.77. The van der Waals surface area contributed by atoms with E-state index in [9.17, 15) is 0 Å². The predicted octanol–water partition coefficient (Wildman–Crippen LogP) is 2.20. The van der Waals surface area contributed by atoms with Crippen molar-refractivity contribution < 1.29 is 0 Å². The maximum Gasteiger partial charge on any atom is 0.0361 e. The normalized spacial score (nSPS) is 26.1. The molecule has 3 atom stereocenters. The molecule has 0 saturated heterocycles. The summed E-state index contributed by atoms with van der Waals surface area (Å²) in [5.41, 5.74) is 8.60. The van der Waals surface area contributed by atoms with E-state index in [1.807, 2.05) is 0 Å². The van der Waals surface area contributed by atoms with Crippen molar-refractivity contribution in [2.45, 2.75) is 25.3 Å². The summed E-state index contributed by atoms with van der Waals surface area (Å²) < 4.78 is 0. The first kappa shape index (κ1) is 10.5. The quantitative estimate of drug-likeness (QED) is 0.818. The van der Waals surface area contributed by atoms with Gasteiger partial charge in [0.15, 0.2) is 0 Å². The zero-order chi connectivity index (χ0) is 11.0. The number of rotatable bonds is 3. The van der Waals surface area contributed by atoms with Crippen LogP contribution in [0.3, 0.4) is 0 Å². The Balaban J connectivity index is 2.06. The largest absolute Gasteiger partial charge is 0.378 e. The number of benzene rings is 1. The Morgan fingerprint density at radius 3 is 2.27 bits per heavy atom. The van der Waals surface area contributed by atoms with Gasteiger partial charge in [-0.1, -0.05) is 12.1 Å². The van der Waals surface area contributed by atoms with Gasteiger partial charge in [0.05, 0.1) is 0 Å².